The molecule has 0 aliphatic heterocycles. The predicted octanol–water partition coefficient (Wildman–Crippen LogP) is 11.5. The predicted molar refractivity (Wildman–Crippen MR) is 201 cm³/mol. The standard InChI is InChI=1S/C21H31FN4S.C6H6.C5H8.2C2H6.CH4S/c1-4-12-23-27-26(15(2)3)19-10-8-16(9-11-19)20-14-21(25-24-20)17-6-5-7-18(22)13-17;1-2-4-6-5-3-1;1-3-5-4-2;3*1-2/h5-7,13-16,19,23H,4,8-12H2,1-3H3,(H,24,25);1-6H;3-5H,1H2,2H3;2*1-2H3;2H,1H3/b;;5-4-;;;. The average Bonchev–Trinajstić information content (AvgIpc) is 3.58. The Kier molecular flexibility index (Phi) is 30.6. The van der Waals surface area contributed by atoms with Crippen LogP contribution in [0.4, 0.5) is 4.39 Å². The Morgan fingerprint density at radius 3 is 2.00 bits per heavy atom. The molecular weight excluding hydrogens is 584 g/mol. The van der Waals surface area contributed by atoms with Gasteiger partial charge in [0.05, 0.1) is 5.69 Å². The summed E-state index contributed by atoms with van der Waals surface area (Å²) in [5.74, 6) is 0.291. The summed E-state index contributed by atoms with van der Waals surface area (Å²) < 4.78 is 19.5. The fourth-order valence-electron chi connectivity index (χ4n) is 4.33. The summed E-state index contributed by atoms with van der Waals surface area (Å²) >= 11 is 5.32. The average molecular weight is 645 g/mol. The fraction of sp³-hybridized carbons (Fsp3) is 0.486. The number of nitrogens with zero attached hydrogens (tertiary/aromatic N) is 2. The topological polar surface area (TPSA) is 44.0 Å². The van der Waals surface area contributed by atoms with Crippen LogP contribution in [0.3, 0.4) is 0 Å². The van der Waals surface area contributed by atoms with Crippen molar-refractivity contribution in [2.45, 2.75) is 105 Å². The summed E-state index contributed by atoms with van der Waals surface area (Å²) in [6.45, 7) is 21.2. The molecule has 1 aliphatic rings. The normalized spacial score (nSPS) is 15.1. The van der Waals surface area contributed by atoms with Gasteiger partial charge in [0.25, 0.3) is 0 Å². The molecule has 4 rings (SSSR count). The van der Waals surface area contributed by atoms with Crippen molar-refractivity contribution in [1.82, 2.24) is 19.2 Å². The van der Waals surface area contributed by atoms with Gasteiger partial charge < -0.3 is 0 Å². The van der Waals surface area contributed by atoms with E-state index >= 15 is 0 Å². The van der Waals surface area contributed by atoms with Crippen molar-refractivity contribution >= 4 is 24.8 Å². The van der Waals surface area contributed by atoms with Crippen molar-refractivity contribution in [3.05, 3.63) is 103 Å². The molecule has 0 bridgehead atoms. The van der Waals surface area contributed by atoms with Gasteiger partial charge in [-0.3, -0.25) is 9.82 Å². The summed E-state index contributed by atoms with van der Waals surface area (Å²) in [5, 5.41) is 7.62. The van der Waals surface area contributed by atoms with Crippen LogP contribution in [-0.2, 0) is 0 Å². The molecule has 0 amide bonds. The first-order valence-corrected chi connectivity index (χ1v) is 17.8. The van der Waals surface area contributed by atoms with E-state index in [4.69, 9.17) is 0 Å². The van der Waals surface area contributed by atoms with Crippen molar-refractivity contribution < 1.29 is 4.39 Å². The molecule has 1 fully saturated rings. The van der Waals surface area contributed by atoms with Crippen molar-refractivity contribution in [3.8, 4) is 11.3 Å². The molecule has 1 aliphatic carbocycles. The lowest BCUT2D eigenvalue weighted by Crippen LogP contribution is -2.39. The third-order valence-corrected chi connectivity index (χ3v) is 7.50. The Labute approximate surface area is 280 Å². The summed E-state index contributed by atoms with van der Waals surface area (Å²) in [6, 6.07) is 21.9. The maximum atomic E-state index is 13.5. The third kappa shape index (κ3) is 19.1. The van der Waals surface area contributed by atoms with Crippen LogP contribution in [-0.4, -0.2) is 39.4 Å². The van der Waals surface area contributed by atoms with Crippen molar-refractivity contribution in [3.63, 3.8) is 0 Å². The molecule has 0 atom stereocenters. The summed E-state index contributed by atoms with van der Waals surface area (Å²) in [6.07, 6.45) is 13.1. The van der Waals surface area contributed by atoms with Crippen molar-refractivity contribution in [2.75, 3.05) is 12.8 Å². The van der Waals surface area contributed by atoms with E-state index < -0.39 is 0 Å². The van der Waals surface area contributed by atoms with E-state index in [0.717, 1.165) is 37.1 Å². The monoisotopic (exact) mass is 644 g/mol. The van der Waals surface area contributed by atoms with Crippen LogP contribution in [0.15, 0.2) is 91.5 Å². The van der Waals surface area contributed by atoms with Crippen molar-refractivity contribution in [1.29, 1.82) is 0 Å². The quantitative estimate of drug-likeness (QED) is 0.0938. The number of hydrogen-bond donors (Lipinski definition) is 3. The first-order valence-electron chi connectivity index (χ1n) is 16.2. The van der Waals surface area contributed by atoms with E-state index in [-0.39, 0.29) is 5.82 Å². The zero-order valence-electron chi connectivity index (χ0n) is 28.9. The van der Waals surface area contributed by atoms with Gasteiger partial charge in [-0.05, 0) is 77.3 Å². The van der Waals surface area contributed by atoms with Crippen molar-refractivity contribution in [2.24, 2.45) is 0 Å². The van der Waals surface area contributed by atoms with Gasteiger partial charge in [-0.15, -0.1) is 0 Å². The van der Waals surface area contributed by atoms with Gasteiger partial charge >= 0.3 is 0 Å². The molecular formula is C37H61FN4S2. The van der Waals surface area contributed by atoms with E-state index in [1.807, 2.05) is 89.2 Å². The van der Waals surface area contributed by atoms with Crippen LogP contribution in [0.5, 0.6) is 0 Å². The molecule has 2 aromatic carbocycles. The Morgan fingerprint density at radius 1 is 1.00 bits per heavy atom. The zero-order valence-corrected chi connectivity index (χ0v) is 30.6. The third-order valence-electron chi connectivity index (χ3n) is 6.24. The van der Waals surface area contributed by atoms with E-state index in [1.165, 1.54) is 30.7 Å². The minimum Gasteiger partial charge on any atom is -0.282 e. The minimum atomic E-state index is -0.222. The first kappa shape index (κ1) is 43.8. The summed E-state index contributed by atoms with van der Waals surface area (Å²) in [4.78, 5) is 0. The number of H-pyrrole nitrogens is 1. The molecule has 1 aromatic heterocycles. The van der Waals surface area contributed by atoms with Crippen LogP contribution in [0.2, 0.25) is 0 Å². The number of aromatic nitrogens is 2. The SMILES string of the molecule is C=C/C=C\C.CC.CC.CCCNSN(C(C)C)C1CCC(c2cc(-c3cccc(F)c3)n[nH]2)CC1.CS.c1ccccc1. The Balaban J connectivity index is 0. The number of allylic oxidation sites excluding steroid dienone is 3. The van der Waals surface area contributed by atoms with Crippen LogP contribution in [0.1, 0.15) is 99.1 Å². The number of hydrogen-bond acceptors (Lipinski definition) is 5. The molecule has 2 N–H and O–H groups in total. The van der Waals surface area contributed by atoms with Gasteiger partial charge in [-0.1, -0.05) is 108 Å². The zero-order chi connectivity index (χ0) is 33.6. The number of benzene rings is 2. The molecule has 248 valence electrons. The van der Waals surface area contributed by atoms with Gasteiger partial charge in [0.1, 0.15) is 5.82 Å². The molecule has 44 heavy (non-hydrogen) atoms. The highest BCUT2D eigenvalue weighted by Gasteiger charge is 2.29. The molecule has 0 saturated heterocycles. The van der Waals surface area contributed by atoms with E-state index in [2.05, 4.69) is 65.3 Å². The second-order valence-electron chi connectivity index (χ2n) is 9.58. The second-order valence-corrected chi connectivity index (χ2v) is 10.5. The van der Waals surface area contributed by atoms with Gasteiger partial charge in [0.15, 0.2) is 0 Å². The van der Waals surface area contributed by atoms with Gasteiger partial charge in [0, 0.05) is 47.9 Å². The first-order chi connectivity index (χ1) is 21.5. The number of nitrogens with one attached hydrogen (secondary N) is 2. The fourth-order valence-corrected chi connectivity index (χ4v) is 5.34. The van der Waals surface area contributed by atoms with Gasteiger partial charge in [-0.25, -0.2) is 8.70 Å². The molecule has 7 heteroatoms. The smallest absolute Gasteiger partial charge is 0.123 e. The number of thiol groups is 1. The van der Waals surface area contributed by atoms with E-state index in [1.54, 1.807) is 30.5 Å². The lowest BCUT2D eigenvalue weighted by Gasteiger charge is -2.37. The molecule has 4 nitrogen and oxygen atoms in total. The minimum absolute atomic E-state index is 0.222. The van der Waals surface area contributed by atoms with Gasteiger partial charge in [-0.2, -0.15) is 17.7 Å². The molecule has 1 heterocycles. The van der Waals surface area contributed by atoms with Crippen LogP contribution < -0.4 is 4.72 Å². The second kappa shape index (κ2) is 30.7. The molecule has 3 aromatic rings. The van der Waals surface area contributed by atoms with Gasteiger partial charge in [0.2, 0.25) is 0 Å². The Hall–Kier alpha value is -2.32. The molecule has 0 unspecified atom stereocenters. The van der Waals surface area contributed by atoms with Crippen LogP contribution in [0.25, 0.3) is 11.3 Å². The molecule has 0 spiro atoms. The Morgan fingerprint density at radius 2 is 1.57 bits per heavy atom. The van der Waals surface area contributed by atoms with E-state index in [0.29, 0.717) is 18.0 Å². The molecule has 0 radical (unpaired) electrons. The van der Waals surface area contributed by atoms with Crippen LogP contribution in [0, 0.1) is 5.82 Å². The molecule has 1 saturated carbocycles. The van der Waals surface area contributed by atoms with Crippen LogP contribution >= 0.6 is 24.8 Å². The largest absolute Gasteiger partial charge is 0.282 e. The highest BCUT2D eigenvalue weighted by atomic mass is 32.2. The Bertz CT molecular complexity index is 1020. The maximum Gasteiger partial charge on any atom is 0.123 e. The maximum absolute atomic E-state index is 13.5. The number of rotatable bonds is 9. The highest BCUT2D eigenvalue weighted by molar-refractivity contribution is 7.95. The summed E-state index contributed by atoms with van der Waals surface area (Å²) in [7, 11) is 0. The number of halogens is 1. The lowest BCUT2D eigenvalue weighted by atomic mass is 9.83. The van der Waals surface area contributed by atoms with E-state index in [9.17, 15) is 4.39 Å². The highest BCUT2D eigenvalue weighted by Crippen LogP contribution is 2.37. The summed E-state index contributed by atoms with van der Waals surface area (Å²) in [5.41, 5.74) is 2.84. The number of aromatic amines is 1. The lowest BCUT2D eigenvalue weighted by molar-refractivity contribution is 0.224.